The molecule has 0 fully saturated rings. The highest BCUT2D eigenvalue weighted by Gasteiger charge is 2.31. The summed E-state index contributed by atoms with van der Waals surface area (Å²) in [6.45, 7) is -0.249. The molecular formula is C14H9F4N3O. The topological polar surface area (TPSA) is 39.3 Å². The maximum Gasteiger partial charge on any atom is 0.416 e. The zero-order valence-electron chi connectivity index (χ0n) is 11.0. The first kappa shape index (κ1) is 14.3. The molecule has 2 heterocycles. The zero-order valence-corrected chi connectivity index (χ0v) is 11.0. The molecule has 0 amide bonds. The van der Waals surface area contributed by atoms with Crippen LogP contribution in [0, 0.1) is 5.82 Å². The minimum Gasteiger partial charge on any atom is -0.301 e. The number of alkyl halides is 3. The summed E-state index contributed by atoms with van der Waals surface area (Å²) in [5.74, 6) is -1.01. The summed E-state index contributed by atoms with van der Waals surface area (Å²) >= 11 is 0. The summed E-state index contributed by atoms with van der Waals surface area (Å²) in [5, 5.41) is 3.86. The molecule has 0 aliphatic heterocycles. The molecule has 8 heteroatoms. The molecule has 4 nitrogen and oxygen atoms in total. The van der Waals surface area contributed by atoms with E-state index in [1.54, 1.807) is 18.3 Å². The normalized spacial score (nSPS) is 12.0. The van der Waals surface area contributed by atoms with Crippen LogP contribution in [0.1, 0.15) is 11.1 Å². The first-order valence-electron chi connectivity index (χ1n) is 6.24. The number of hydrogen-bond donors (Lipinski definition) is 0. The molecule has 0 spiro atoms. The molecule has 0 saturated heterocycles. The van der Waals surface area contributed by atoms with Crippen molar-refractivity contribution in [1.82, 2.24) is 14.2 Å². The van der Waals surface area contributed by atoms with E-state index in [2.05, 4.69) is 5.10 Å². The monoisotopic (exact) mass is 311 g/mol. The fourth-order valence-corrected chi connectivity index (χ4v) is 2.17. The van der Waals surface area contributed by atoms with Gasteiger partial charge in [-0.3, -0.25) is 4.79 Å². The van der Waals surface area contributed by atoms with Crippen molar-refractivity contribution in [2.45, 2.75) is 12.7 Å². The minimum atomic E-state index is -4.65. The van der Waals surface area contributed by atoms with E-state index in [0.717, 1.165) is 16.8 Å². The van der Waals surface area contributed by atoms with Gasteiger partial charge < -0.3 is 4.40 Å². The summed E-state index contributed by atoms with van der Waals surface area (Å²) in [4.78, 5) is 12.1. The van der Waals surface area contributed by atoms with Gasteiger partial charge in [-0.1, -0.05) is 0 Å². The van der Waals surface area contributed by atoms with Gasteiger partial charge in [0.1, 0.15) is 17.7 Å². The number of fused-ring (bicyclic) bond motifs is 1. The summed E-state index contributed by atoms with van der Waals surface area (Å²) in [7, 11) is 0. The van der Waals surface area contributed by atoms with Crippen LogP contribution in [0.5, 0.6) is 0 Å². The molecule has 1 aromatic carbocycles. The molecule has 114 valence electrons. The molecule has 2 aromatic heterocycles. The molecular weight excluding hydrogens is 302 g/mol. The van der Waals surface area contributed by atoms with E-state index in [9.17, 15) is 22.4 Å². The average Bonchev–Trinajstić information content (AvgIpc) is 2.89. The smallest absolute Gasteiger partial charge is 0.301 e. The third kappa shape index (κ3) is 2.59. The molecule has 0 radical (unpaired) electrons. The van der Waals surface area contributed by atoms with Crippen molar-refractivity contribution in [1.29, 1.82) is 0 Å². The highest BCUT2D eigenvalue weighted by atomic mass is 19.4. The van der Waals surface area contributed by atoms with Crippen molar-refractivity contribution in [2.24, 2.45) is 0 Å². The summed E-state index contributed by atoms with van der Waals surface area (Å²) in [6.07, 6.45) is -1.67. The second-order valence-corrected chi connectivity index (χ2v) is 4.74. The number of hydrogen-bond acceptors (Lipinski definition) is 2. The molecule has 0 bridgehead atoms. The van der Waals surface area contributed by atoms with Crippen LogP contribution < -0.4 is 5.56 Å². The lowest BCUT2D eigenvalue weighted by Crippen LogP contribution is -2.25. The second kappa shape index (κ2) is 4.97. The van der Waals surface area contributed by atoms with E-state index in [4.69, 9.17) is 0 Å². The van der Waals surface area contributed by atoms with Crippen LogP contribution in [0.2, 0.25) is 0 Å². The third-order valence-corrected chi connectivity index (χ3v) is 3.17. The first-order valence-corrected chi connectivity index (χ1v) is 6.24. The second-order valence-electron chi connectivity index (χ2n) is 4.74. The number of nitrogens with zero attached hydrogens (tertiary/aromatic N) is 3. The maximum atomic E-state index is 13.4. The van der Waals surface area contributed by atoms with E-state index in [1.165, 1.54) is 10.7 Å². The Hall–Kier alpha value is -2.64. The zero-order chi connectivity index (χ0) is 15.9. The number of aromatic nitrogens is 3. The van der Waals surface area contributed by atoms with Crippen LogP contribution in [0.4, 0.5) is 17.6 Å². The Bertz CT molecular complexity index is 895. The SMILES string of the molecule is O=c1c2cccn2cnn1Cc1cc(F)cc(C(F)(F)F)c1. The van der Waals surface area contributed by atoms with Crippen molar-refractivity contribution in [2.75, 3.05) is 0 Å². The Kier molecular flexibility index (Phi) is 3.23. The third-order valence-electron chi connectivity index (χ3n) is 3.17. The largest absolute Gasteiger partial charge is 0.416 e. The minimum absolute atomic E-state index is 0.0119. The fourth-order valence-electron chi connectivity index (χ4n) is 2.17. The van der Waals surface area contributed by atoms with Gasteiger partial charge in [-0.15, -0.1) is 0 Å². The van der Waals surface area contributed by atoms with E-state index in [-0.39, 0.29) is 12.1 Å². The molecule has 3 rings (SSSR count). The Labute approximate surface area is 121 Å². The van der Waals surface area contributed by atoms with Gasteiger partial charge in [-0.25, -0.2) is 9.07 Å². The van der Waals surface area contributed by atoms with Crippen LogP contribution in [0.25, 0.3) is 5.52 Å². The van der Waals surface area contributed by atoms with Crippen molar-refractivity contribution >= 4 is 5.52 Å². The highest BCUT2D eigenvalue weighted by Crippen LogP contribution is 2.30. The number of rotatable bonds is 2. The van der Waals surface area contributed by atoms with Crippen molar-refractivity contribution < 1.29 is 17.6 Å². The summed E-state index contributed by atoms with van der Waals surface area (Å²) in [6, 6.07) is 5.38. The van der Waals surface area contributed by atoms with Crippen molar-refractivity contribution in [3.63, 3.8) is 0 Å². The van der Waals surface area contributed by atoms with Gasteiger partial charge in [0.2, 0.25) is 0 Å². The van der Waals surface area contributed by atoms with Gasteiger partial charge in [0.25, 0.3) is 5.56 Å². The fraction of sp³-hybridized carbons (Fsp3) is 0.143. The molecule has 3 aromatic rings. The predicted molar refractivity (Wildman–Crippen MR) is 70.0 cm³/mol. The van der Waals surface area contributed by atoms with Crippen molar-refractivity contribution in [3.8, 4) is 0 Å². The van der Waals surface area contributed by atoms with Gasteiger partial charge in [0.05, 0.1) is 12.1 Å². The lowest BCUT2D eigenvalue weighted by molar-refractivity contribution is -0.137. The number of halogens is 4. The van der Waals surface area contributed by atoms with Gasteiger partial charge in [-0.05, 0) is 35.9 Å². The van der Waals surface area contributed by atoms with Crippen LogP contribution in [-0.2, 0) is 12.7 Å². The Balaban J connectivity index is 2.03. The van der Waals surface area contributed by atoms with Gasteiger partial charge in [-0.2, -0.15) is 18.3 Å². The lowest BCUT2D eigenvalue weighted by atomic mass is 10.1. The van der Waals surface area contributed by atoms with Crippen molar-refractivity contribution in [3.05, 3.63) is 70.2 Å². The Morgan fingerprint density at radius 2 is 1.95 bits per heavy atom. The Morgan fingerprint density at radius 3 is 2.68 bits per heavy atom. The van der Waals surface area contributed by atoms with Crippen LogP contribution in [-0.4, -0.2) is 14.2 Å². The molecule has 0 saturated carbocycles. The van der Waals surface area contributed by atoms with Crippen LogP contribution in [0.15, 0.2) is 47.7 Å². The predicted octanol–water partition coefficient (Wildman–Crippen LogP) is 2.70. The standard InChI is InChI=1S/C14H9F4N3O/c15-11-5-9(4-10(6-11)14(16,17)18)7-21-13(22)12-2-1-3-20(12)8-19-21/h1-6,8H,7H2. The van der Waals surface area contributed by atoms with Gasteiger partial charge in [0, 0.05) is 6.20 Å². The molecule has 0 aliphatic rings. The van der Waals surface area contributed by atoms with Gasteiger partial charge >= 0.3 is 6.18 Å². The highest BCUT2D eigenvalue weighted by molar-refractivity contribution is 5.44. The average molecular weight is 311 g/mol. The van der Waals surface area contributed by atoms with E-state index in [0.29, 0.717) is 11.6 Å². The lowest BCUT2D eigenvalue weighted by Gasteiger charge is -2.10. The first-order chi connectivity index (χ1) is 10.3. The van der Waals surface area contributed by atoms with E-state index < -0.39 is 23.1 Å². The summed E-state index contributed by atoms with van der Waals surface area (Å²) in [5.41, 5.74) is -1.22. The molecule has 0 unspecified atom stereocenters. The van der Waals surface area contributed by atoms with Gasteiger partial charge in [0.15, 0.2) is 0 Å². The molecule has 0 aliphatic carbocycles. The number of benzene rings is 1. The maximum absolute atomic E-state index is 13.4. The van der Waals surface area contributed by atoms with Crippen LogP contribution >= 0.6 is 0 Å². The van der Waals surface area contributed by atoms with E-state index >= 15 is 0 Å². The quantitative estimate of drug-likeness (QED) is 0.683. The molecule has 0 atom stereocenters. The molecule has 22 heavy (non-hydrogen) atoms. The molecule has 0 N–H and O–H groups in total. The van der Waals surface area contributed by atoms with E-state index in [1.807, 2.05) is 0 Å². The Morgan fingerprint density at radius 1 is 1.18 bits per heavy atom. The summed E-state index contributed by atoms with van der Waals surface area (Å²) < 4.78 is 53.9. The van der Waals surface area contributed by atoms with Crippen LogP contribution in [0.3, 0.4) is 0 Å².